The van der Waals surface area contributed by atoms with Gasteiger partial charge in [0.2, 0.25) is 0 Å². The minimum absolute atomic E-state index is 0.0359. The van der Waals surface area contributed by atoms with Gasteiger partial charge in [-0.05, 0) is 137 Å². The SMILES string of the molecule is CC1(C)c2ccccc2-c2ccc(N(c3ccccc3)c3ccc4c(c3)-c3ccccc3C43CC4CCC5CC4CC3C5)cc21. The van der Waals surface area contributed by atoms with Crippen molar-refractivity contribution in [1.82, 2.24) is 0 Å². The molecule has 0 heterocycles. The third-order valence-corrected chi connectivity index (χ3v) is 13.0. The van der Waals surface area contributed by atoms with E-state index in [1.807, 2.05) is 0 Å². The second kappa shape index (κ2) is 9.23. The van der Waals surface area contributed by atoms with Crippen molar-refractivity contribution in [3.05, 3.63) is 138 Å². The zero-order valence-electron chi connectivity index (χ0n) is 26.5. The van der Waals surface area contributed by atoms with Gasteiger partial charge in [0.05, 0.1) is 0 Å². The Hall–Kier alpha value is -4.10. The van der Waals surface area contributed by atoms with Crippen LogP contribution in [-0.2, 0) is 10.8 Å². The topological polar surface area (TPSA) is 3.24 Å². The fourth-order valence-corrected chi connectivity index (χ4v) is 11.1. The highest BCUT2D eigenvalue weighted by Gasteiger charge is 2.57. The number of anilines is 3. The van der Waals surface area contributed by atoms with Gasteiger partial charge in [0.1, 0.15) is 0 Å². The average molecular weight is 584 g/mol. The highest BCUT2D eigenvalue weighted by molar-refractivity contribution is 5.89. The molecular formula is C44H41N. The Morgan fingerprint density at radius 3 is 2.02 bits per heavy atom. The molecule has 3 fully saturated rings. The molecule has 3 saturated carbocycles. The van der Waals surface area contributed by atoms with Gasteiger partial charge in [-0.1, -0.05) is 99.1 Å². The fraction of sp³-hybridized carbons (Fsp3) is 0.318. The Labute approximate surface area is 267 Å². The largest absolute Gasteiger partial charge is 0.310 e. The van der Waals surface area contributed by atoms with Gasteiger partial charge in [-0.3, -0.25) is 0 Å². The van der Waals surface area contributed by atoms with E-state index in [0.29, 0.717) is 0 Å². The van der Waals surface area contributed by atoms with Crippen LogP contribution >= 0.6 is 0 Å². The van der Waals surface area contributed by atoms with Crippen LogP contribution in [0.2, 0.25) is 0 Å². The molecule has 1 spiro atoms. The molecule has 5 atom stereocenters. The van der Waals surface area contributed by atoms with E-state index in [-0.39, 0.29) is 10.8 Å². The van der Waals surface area contributed by atoms with Gasteiger partial charge in [-0.25, -0.2) is 0 Å². The van der Waals surface area contributed by atoms with Crippen LogP contribution in [0.5, 0.6) is 0 Å². The smallest absolute Gasteiger partial charge is 0.0468 e. The van der Waals surface area contributed by atoms with Crippen LogP contribution in [0.25, 0.3) is 22.3 Å². The van der Waals surface area contributed by atoms with Crippen LogP contribution in [-0.4, -0.2) is 0 Å². The lowest BCUT2D eigenvalue weighted by molar-refractivity contribution is -0.0103. The van der Waals surface area contributed by atoms with Crippen LogP contribution in [0.3, 0.4) is 0 Å². The highest BCUT2D eigenvalue weighted by Crippen LogP contribution is 2.66. The van der Waals surface area contributed by atoms with Crippen LogP contribution < -0.4 is 4.90 Å². The molecule has 0 aromatic heterocycles. The molecule has 5 aromatic carbocycles. The molecule has 3 bridgehead atoms. The Morgan fingerprint density at radius 1 is 0.511 bits per heavy atom. The predicted octanol–water partition coefficient (Wildman–Crippen LogP) is 11.6. The lowest BCUT2D eigenvalue weighted by Crippen LogP contribution is -2.50. The lowest BCUT2D eigenvalue weighted by atomic mass is 9.47. The lowest BCUT2D eigenvalue weighted by Gasteiger charge is -2.57. The first-order valence-electron chi connectivity index (χ1n) is 17.4. The summed E-state index contributed by atoms with van der Waals surface area (Å²) in [5.41, 5.74) is 15.6. The van der Waals surface area contributed by atoms with Crippen molar-refractivity contribution in [3.63, 3.8) is 0 Å². The molecule has 10 rings (SSSR count). The van der Waals surface area contributed by atoms with Gasteiger partial charge in [-0.2, -0.15) is 0 Å². The standard InChI is InChI=1S/C44H41N/c1-43(2)39-14-8-6-12-35(39)37-20-18-34(26-42(37)43)45(32-10-4-3-5-11-32)33-19-21-41-38(25-33)36-13-7-9-15-40(36)44(41)27-29-17-16-28-22-30(29)24-31(44)23-28/h3-15,18-21,25-26,28-31H,16-17,22-24,27H2,1-2H3. The van der Waals surface area contributed by atoms with E-state index in [2.05, 4.69) is 134 Å². The number of nitrogens with zero attached hydrogens (tertiary/aromatic N) is 1. The van der Waals surface area contributed by atoms with Gasteiger partial charge in [0.15, 0.2) is 0 Å². The van der Waals surface area contributed by atoms with E-state index in [1.54, 1.807) is 11.1 Å². The molecule has 0 amide bonds. The van der Waals surface area contributed by atoms with Crippen molar-refractivity contribution in [2.24, 2.45) is 23.7 Å². The third kappa shape index (κ3) is 3.50. The molecule has 5 unspecified atom stereocenters. The molecular weight excluding hydrogens is 542 g/mol. The molecule has 5 aliphatic carbocycles. The van der Waals surface area contributed by atoms with E-state index in [4.69, 9.17) is 0 Å². The minimum Gasteiger partial charge on any atom is -0.310 e. The summed E-state index contributed by atoms with van der Waals surface area (Å²) in [4.78, 5) is 2.49. The first-order chi connectivity index (χ1) is 22.0. The molecule has 0 N–H and O–H groups in total. The minimum atomic E-state index is -0.0359. The molecule has 0 radical (unpaired) electrons. The number of para-hydroxylation sites is 1. The maximum Gasteiger partial charge on any atom is 0.0468 e. The first kappa shape index (κ1) is 26.1. The number of benzene rings is 5. The van der Waals surface area contributed by atoms with Crippen LogP contribution in [0.4, 0.5) is 17.1 Å². The van der Waals surface area contributed by atoms with Gasteiger partial charge < -0.3 is 4.90 Å². The molecule has 5 aliphatic rings. The van der Waals surface area contributed by atoms with Gasteiger partial charge >= 0.3 is 0 Å². The summed E-state index contributed by atoms with van der Waals surface area (Å²) in [6, 6.07) is 44.1. The van der Waals surface area contributed by atoms with Gasteiger partial charge in [0, 0.05) is 27.9 Å². The van der Waals surface area contributed by atoms with Crippen molar-refractivity contribution >= 4 is 17.1 Å². The van der Waals surface area contributed by atoms with E-state index in [0.717, 1.165) is 23.7 Å². The second-order valence-electron chi connectivity index (χ2n) is 15.4. The summed E-state index contributed by atoms with van der Waals surface area (Å²) in [7, 11) is 0. The van der Waals surface area contributed by atoms with Gasteiger partial charge in [0.25, 0.3) is 0 Å². The normalized spacial score (nSPS) is 27.5. The monoisotopic (exact) mass is 583 g/mol. The second-order valence-corrected chi connectivity index (χ2v) is 15.4. The van der Waals surface area contributed by atoms with Crippen LogP contribution in [0.1, 0.15) is 74.6 Å². The summed E-state index contributed by atoms with van der Waals surface area (Å²) in [6.45, 7) is 4.76. The Kier molecular flexibility index (Phi) is 5.36. The molecule has 45 heavy (non-hydrogen) atoms. The zero-order chi connectivity index (χ0) is 29.9. The van der Waals surface area contributed by atoms with E-state index in [1.165, 1.54) is 89.0 Å². The van der Waals surface area contributed by atoms with Crippen molar-refractivity contribution in [2.45, 2.75) is 63.2 Å². The molecule has 222 valence electrons. The maximum absolute atomic E-state index is 2.55. The van der Waals surface area contributed by atoms with E-state index in [9.17, 15) is 0 Å². The molecule has 5 aromatic rings. The summed E-state index contributed by atoms with van der Waals surface area (Å²) in [6.07, 6.45) is 8.61. The summed E-state index contributed by atoms with van der Waals surface area (Å²) < 4.78 is 0. The third-order valence-electron chi connectivity index (χ3n) is 13.0. The van der Waals surface area contributed by atoms with Crippen molar-refractivity contribution in [2.75, 3.05) is 4.90 Å². The number of fused-ring (bicyclic) bond motifs is 11. The van der Waals surface area contributed by atoms with Crippen LogP contribution in [0, 0.1) is 23.7 Å². The molecule has 1 heteroatoms. The van der Waals surface area contributed by atoms with E-state index < -0.39 is 0 Å². The summed E-state index contributed by atoms with van der Waals surface area (Å²) >= 11 is 0. The van der Waals surface area contributed by atoms with Crippen LogP contribution in [0.15, 0.2) is 115 Å². The Bertz CT molecular complexity index is 1980. The number of hydrogen-bond acceptors (Lipinski definition) is 1. The number of rotatable bonds is 3. The van der Waals surface area contributed by atoms with Gasteiger partial charge in [-0.15, -0.1) is 0 Å². The average Bonchev–Trinajstić information content (AvgIpc) is 3.48. The summed E-state index contributed by atoms with van der Waals surface area (Å²) in [5, 5.41) is 0. The highest BCUT2D eigenvalue weighted by atomic mass is 15.1. The Morgan fingerprint density at radius 2 is 1.18 bits per heavy atom. The molecule has 0 saturated heterocycles. The molecule has 0 aliphatic heterocycles. The fourth-order valence-electron chi connectivity index (χ4n) is 11.1. The van der Waals surface area contributed by atoms with Crippen molar-refractivity contribution < 1.29 is 0 Å². The first-order valence-corrected chi connectivity index (χ1v) is 17.4. The Balaban J connectivity index is 1.14. The van der Waals surface area contributed by atoms with Crippen molar-refractivity contribution in [1.29, 1.82) is 0 Å². The quantitative estimate of drug-likeness (QED) is 0.204. The van der Waals surface area contributed by atoms with Crippen molar-refractivity contribution in [3.8, 4) is 22.3 Å². The maximum atomic E-state index is 2.55. The molecule has 1 nitrogen and oxygen atoms in total. The number of hydrogen-bond donors (Lipinski definition) is 0. The van der Waals surface area contributed by atoms with E-state index >= 15 is 0 Å². The predicted molar refractivity (Wildman–Crippen MR) is 187 cm³/mol. The zero-order valence-corrected chi connectivity index (χ0v) is 26.5. The summed E-state index contributed by atoms with van der Waals surface area (Å²) in [5.74, 6) is 3.57.